The first-order valence-electron chi connectivity index (χ1n) is 9.32. The predicted molar refractivity (Wildman–Crippen MR) is 93.3 cm³/mol. The maximum Gasteiger partial charge on any atom is 0.0224 e. The van der Waals surface area contributed by atoms with E-state index in [0.29, 0.717) is 5.41 Å². The van der Waals surface area contributed by atoms with Crippen LogP contribution in [0.1, 0.15) is 33.6 Å². The first kappa shape index (κ1) is 16.7. The highest BCUT2D eigenvalue weighted by Gasteiger charge is 2.36. The van der Waals surface area contributed by atoms with Crippen molar-refractivity contribution in [3.05, 3.63) is 0 Å². The second kappa shape index (κ2) is 6.76. The molecule has 0 aromatic carbocycles. The van der Waals surface area contributed by atoms with Crippen molar-refractivity contribution in [3.8, 4) is 0 Å². The maximum atomic E-state index is 2.78. The summed E-state index contributed by atoms with van der Waals surface area (Å²) < 4.78 is 0. The molecule has 0 aliphatic carbocycles. The second-order valence-corrected chi connectivity index (χ2v) is 8.81. The number of likely N-dealkylation sites (N-methyl/N-ethyl adjacent to an activating group) is 1. The van der Waals surface area contributed by atoms with Crippen molar-refractivity contribution in [2.75, 3.05) is 66.0 Å². The van der Waals surface area contributed by atoms with Gasteiger partial charge in [0.1, 0.15) is 0 Å². The molecule has 3 heterocycles. The zero-order valence-corrected chi connectivity index (χ0v) is 15.2. The van der Waals surface area contributed by atoms with E-state index in [1.54, 1.807) is 0 Å². The van der Waals surface area contributed by atoms with Crippen molar-refractivity contribution in [1.29, 1.82) is 0 Å². The SMILES string of the molecule is C[C@@H]1CN2CCC[C@H]2CN1CC(C)(C)CN1CCN(C)CC1. The van der Waals surface area contributed by atoms with E-state index < -0.39 is 0 Å². The van der Waals surface area contributed by atoms with Crippen LogP contribution in [0, 0.1) is 5.41 Å². The van der Waals surface area contributed by atoms with Gasteiger partial charge >= 0.3 is 0 Å². The lowest BCUT2D eigenvalue weighted by atomic mass is 9.90. The van der Waals surface area contributed by atoms with Gasteiger partial charge in [-0.15, -0.1) is 0 Å². The smallest absolute Gasteiger partial charge is 0.0224 e. The Morgan fingerprint density at radius 2 is 1.68 bits per heavy atom. The van der Waals surface area contributed by atoms with Crippen LogP contribution in [0.4, 0.5) is 0 Å². The summed E-state index contributed by atoms with van der Waals surface area (Å²) in [5.41, 5.74) is 0.394. The summed E-state index contributed by atoms with van der Waals surface area (Å²) in [6.45, 7) is 18.7. The normalized spacial score (nSPS) is 33.3. The molecule has 128 valence electrons. The Morgan fingerprint density at radius 3 is 2.41 bits per heavy atom. The van der Waals surface area contributed by atoms with Gasteiger partial charge in [0.2, 0.25) is 0 Å². The quantitative estimate of drug-likeness (QED) is 0.779. The van der Waals surface area contributed by atoms with Crippen molar-refractivity contribution in [1.82, 2.24) is 19.6 Å². The molecule has 0 amide bonds. The van der Waals surface area contributed by atoms with Crippen molar-refractivity contribution in [2.24, 2.45) is 5.41 Å². The van der Waals surface area contributed by atoms with Gasteiger partial charge in [-0.2, -0.15) is 0 Å². The fourth-order valence-electron chi connectivity index (χ4n) is 4.68. The van der Waals surface area contributed by atoms with Gasteiger partial charge in [-0.05, 0) is 38.8 Å². The highest BCUT2D eigenvalue weighted by Crippen LogP contribution is 2.28. The lowest BCUT2D eigenvalue weighted by Gasteiger charge is -2.46. The topological polar surface area (TPSA) is 13.0 Å². The first-order chi connectivity index (χ1) is 10.4. The van der Waals surface area contributed by atoms with Crippen LogP contribution in [0.15, 0.2) is 0 Å². The van der Waals surface area contributed by atoms with Crippen LogP contribution in [0.5, 0.6) is 0 Å². The fraction of sp³-hybridized carbons (Fsp3) is 1.00. The molecule has 3 aliphatic rings. The standard InChI is InChI=1S/C18H36N4/c1-16-12-21-7-5-6-17(21)13-22(16)15-18(2,3)14-20-10-8-19(4)9-11-20/h16-17H,5-15H2,1-4H3/t16-,17+/m1/s1. The summed E-state index contributed by atoms with van der Waals surface area (Å²) in [5.74, 6) is 0. The van der Waals surface area contributed by atoms with Crippen molar-refractivity contribution in [2.45, 2.75) is 45.7 Å². The van der Waals surface area contributed by atoms with Crippen molar-refractivity contribution < 1.29 is 0 Å². The van der Waals surface area contributed by atoms with Crippen molar-refractivity contribution in [3.63, 3.8) is 0 Å². The minimum atomic E-state index is 0.394. The maximum absolute atomic E-state index is 2.78. The van der Waals surface area contributed by atoms with Crippen LogP contribution in [0.2, 0.25) is 0 Å². The van der Waals surface area contributed by atoms with Gasteiger partial charge in [-0.3, -0.25) is 9.80 Å². The molecular weight excluding hydrogens is 272 g/mol. The van der Waals surface area contributed by atoms with Crippen LogP contribution in [-0.4, -0.2) is 97.6 Å². The van der Waals surface area contributed by atoms with E-state index in [1.165, 1.54) is 71.7 Å². The molecule has 0 aromatic rings. The van der Waals surface area contributed by atoms with E-state index in [-0.39, 0.29) is 0 Å². The van der Waals surface area contributed by atoms with Gasteiger partial charge in [0, 0.05) is 64.4 Å². The summed E-state index contributed by atoms with van der Waals surface area (Å²) in [7, 11) is 2.24. The number of hydrogen-bond acceptors (Lipinski definition) is 4. The van der Waals surface area contributed by atoms with Crippen LogP contribution in [-0.2, 0) is 0 Å². The molecule has 4 heteroatoms. The minimum Gasteiger partial charge on any atom is -0.304 e. The van der Waals surface area contributed by atoms with Crippen LogP contribution in [0.3, 0.4) is 0 Å². The summed E-state index contributed by atoms with van der Waals surface area (Å²) >= 11 is 0. The third-order valence-corrected chi connectivity index (χ3v) is 5.95. The number of nitrogens with zero attached hydrogens (tertiary/aromatic N) is 4. The Bertz CT molecular complexity index is 362. The summed E-state index contributed by atoms with van der Waals surface area (Å²) in [6.07, 6.45) is 2.83. The van der Waals surface area contributed by atoms with Gasteiger partial charge in [0.25, 0.3) is 0 Å². The zero-order chi connectivity index (χ0) is 15.7. The van der Waals surface area contributed by atoms with Gasteiger partial charge in [0.15, 0.2) is 0 Å². The number of fused-ring (bicyclic) bond motifs is 1. The Labute approximate surface area is 137 Å². The van der Waals surface area contributed by atoms with Crippen LogP contribution in [0.25, 0.3) is 0 Å². The molecule has 22 heavy (non-hydrogen) atoms. The largest absolute Gasteiger partial charge is 0.304 e. The molecule has 0 aromatic heterocycles. The van der Waals surface area contributed by atoms with Gasteiger partial charge < -0.3 is 9.80 Å². The Balaban J connectivity index is 1.52. The minimum absolute atomic E-state index is 0.394. The van der Waals surface area contributed by atoms with E-state index in [0.717, 1.165) is 12.1 Å². The molecule has 0 N–H and O–H groups in total. The number of hydrogen-bond donors (Lipinski definition) is 0. The predicted octanol–water partition coefficient (Wildman–Crippen LogP) is 1.43. The van der Waals surface area contributed by atoms with Crippen LogP contribution < -0.4 is 0 Å². The molecule has 3 saturated heterocycles. The third-order valence-electron chi connectivity index (χ3n) is 5.95. The molecule has 2 atom stereocenters. The molecular formula is C18H36N4. The lowest BCUT2D eigenvalue weighted by Crippen LogP contribution is -2.58. The first-order valence-corrected chi connectivity index (χ1v) is 9.32. The van der Waals surface area contributed by atoms with Crippen molar-refractivity contribution >= 4 is 0 Å². The van der Waals surface area contributed by atoms with E-state index >= 15 is 0 Å². The summed E-state index contributed by atoms with van der Waals surface area (Å²) in [5, 5.41) is 0. The molecule has 0 bridgehead atoms. The fourth-order valence-corrected chi connectivity index (χ4v) is 4.68. The highest BCUT2D eigenvalue weighted by molar-refractivity contribution is 4.93. The molecule has 0 saturated carbocycles. The zero-order valence-electron chi connectivity index (χ0n) is 15.2. The Morgan fingerprint density at radius 1 is 0.955 bits per heavy atom. The molecule has 3 aliphatic heterocycles. The van der Waals surface area contributed by atoms with Crippen LogP contribution >= 0.6 is 0 Å². The Hall–Kier alpha value is -0.160. The average molecular weight is 309 g/mol. The highest BCUT2D eigenvalue weighted by atomic mass is 15.3. The second-order valence-electron chi connectivity index (χ2n) is 8.81. The molecule has 0 spiro atoms. The third kappa shape index (κ3) is 4.02. The van der Waals surface area contributed by atoms with E-state index in [1.807, 2.05) is 0 Å². The molecule has 4 nitrogen and oxygen atoms in total. The molecule has 0 radical (unpaired) electrons. The van der Waals surface area contributed by atoms with E-state index in [9.17, 15) is 0 Å². The van der Waals surface area contributed by atoms with E-state index in [4.69, 9.17) is 0 Å². The van der Waals surface area contributed by atoms with Gasteiger partial charge in [-0.25, -0.2) is 0 Å². The lowest BCUT2D eigenvalue weighted by molar-refractivity contribution is 0.0190. The van der Waals surface area contributed by atoms with E-state index in [2.05, 4.69) is 47.4 Å². The monoisotopic (exact) mass is 308 g/mol. The molecule has 0 unspecified atom stereocenters. The molecule has 3 rings (SSSR count). The molecule has 3 fully saturated rings. The summed E-state index contributed by atoms with van der Waals surface area (Å²) in [4.78, 5) is 10.6. The number of rotatable bonds is 4. The average Bonchev–Trinajstić information content (AvgIpc) is 2.88. The van der Waals surface area contributed by atoms with Gasteiger partial charge in [0.05, 0.1) is 0 Å². The summed E-state index contributed by atoms with van der Waals surface area (Å²) in [6, 6.07) is 1.57. The van der Waals surface area contributed by atoms with Gasteiger partial charge in [-0.1, -0.05) is 13.8 Å². The number of piperazine rings is 2. The Kier molecular flexibility index (Phi) is 5.13.